The van der Waals surface area contributed by atoms with Crippen molar-refractivity contribution in [2.75, 3.05) is 5.73 Å². The Bertz CT molecular complexity index is 586. The van der Waals surface area contributed by atoms with Gasteiger partial charge in [-0.3, -0.25) is 9.78 Å². The van der Waals surface area contributed by atoms with Crippen molar-refractivity contribution in [3.05, 3.63) is 59.7 Å². The van der Waals surface area contributed by atoms with Crippen molar-refractivity contribution in [3.8, 4) is 0 Å². The molecule has 5 heteroatoms. The molecule has 0 aliphatic rings. The first-order valence-electron chi connectivity index (χ1n) is 5.84. The van der Waals surface area contributed by atoms with Gasteiger partial charge in [-0.25, -0.2) is 4.39 Å². The number of benzene rings is 1. The molecule has 1 aromatic carbocycles. The van der Waals surface area contributed by atoms with Crippen molar-refractivity contribution in [1.82, 2.24) is 10.3 Å². The van der Waals surface area contributed by atoms with Crippen LogP contribution in [0.4, 0.5) is 10.1 Å². The minimum atomic E-state index is -0.596. The Morgan fingerprint density at radius 1 is 1.37 bits per heavy atom. The second kappa shape index (κ2) is 5.48. The standard InChI is InChI=1S/C14H14FN3O/c1-9(10-4-3-7-17-8-10)18-14(19)11-5-2-6-12(15)13(11)16/h2-9H,16H2,1H3,(H,18,19)/t9-/m1/s1. The van der Waals surface area contributed by atoms with Crippen molar-refractivity contribution < 1.29 is 9.18 Å². The Kier molecular flexibility index (Phi) is 3.75. The third kappa shape index (κ3) is 2.88. The number of halogens is 1. The molecule has 0 bridgehead atoms. The summed E-state index contributed by atoms with van der Waals surface area (Å²) in [5, 5.41) is 2.75. The second-order valence-electron chi connectivity index (χ2n) is 4.18. The average Bonchev–Trinajstić information content (AvgIpc) is 2.42. The number of aromatic nitrogens is 1. The Labute approximate surface area is 110 Å². The number of nitrogens with one attached hydrogen (secondary N) is 1. The van der Waals surface area contributed by atoms with E-state index in [-0.39, 0.29) is 17.3 Å². The fourth-order valence-electron chi connectivity index (χ4n) is 1.72. The lowest BCUT2D eigenvalue weighted by Crippen LogP contribution is -2.27. The minimum absolute atomic E-state index is 0.135. The van der Waals surface area contributed by atoms with Crippen LogP contribution >= 0.6 is 0 Å². The normalized spacial score (nSPS) is 11.9. The third-order valence-electron chi connectivity index (χ3n) is 2.83. The molecule has 0 unspecified atom stereocenters. The average molecular weight is 259 g/mol. The predicted octanol–water partition coefficient (Wildman–Crippen LogP) is 2.29. The minimum Gasteiger partial charge on any atom is -0.396 e. The molecule has 0 saturated heterocycles. The largest absolute Gasteiger partial charge is 0.396 e. The zero-order valence-electron chi connectivity index (χ0n) is 10.4. The molecule has 19 heavy (non-hydrogen) atoms. The molecule has 1 amide bonds. The molecule has 2 aromatic rings. The van der Waals surface area contributed by atoms with E-state index < -0.39 is 11.7 Å². The lowest BCUT2D eigenvalue weighted by atomic mass is 10.1. The smallest absolute Gasteiger partial charge is 0.253 e. The summed E-state index contributed by atoms with van der Waals surface area (Å²) in [7, 11) is 0. The van der Waals surface area contributed by atoms with E-state index in [1.54, 1.807) is 18.5 Å². The number of hydrogen-bond donors (Lipinski definition) is 2. The Morgan fingerprint density at radius 3 is 2.84 bits per heavy atom. The van der Waals surface area contributed by atoms with Crippen LogP contribution in [-0.4, -0.2) is 10.9 Å². The molecule has 0 saturated carbocycles. The molecule has 0 aliphatic carbocycles. The summed E-state index contributed by atoms with van der Waals surface area (Å²) in [6.07, 6.45) is 3.32. The third-order valence-corrected chi connectivity index (χ3v) is 2.83. The highest BCUT2D eigenvalue weighted by Crippen LogP contribution is 2.17. The van der Waals surface area contributed by atoms with Gasteiger partial charge in [0.15, 0.2) is 0 Å². The number of amides is 1. The van der Waals surface area contributed by atoms with Crippen LogP contribution in [0.5, 0.6) is 0 Å². The fraction of sp³-hybridized carbons (Fsp3) is 0.143. The fourth-order valence-corrected chi connectivity index (χ4v) is 1.72. The van der Waals surface area contributed by atoms with E-state index in [0.29, 0.717) is 0 Å². The van der Waals surface area contributed by atoms with Gasteiger partial charge in [-0.1, -0.05) is 12.1 Å². The van der Waals surface area contributed by atoms with Crippen molar-refractivity contribution >= 4 is 11.6 Å². The van der Waals surface area contributed by atoms with Gasteiger partial charge in [-0.15, -0.1) is 0 Å². The van der Waals surface area contributed by atoms with Gasteiger partial charge in [-0.2, -0.15) is 0 Å². The number of para-hydroxylation sites is 1. The highest BCUT2D eigenvalue weighted by Gasteiger charge is 2.15. The van der Waals surface area contributed by atoms with E-state index in [2.05, 4.69) is 10.3 Å². The molecule has 1 aromatic heterocycles. The van der Waals surface area contributed by atoms with Crippen molar-refractivity contribution in [2.45, 2.75) is 13.0 Å². The van der Waals surface area contributed by atoms with Crippen LogP contribution in [0.15, 0.2) is 42.7 Å². The number of anilines is 1. The summed E-state index contributed by atoms with van der Waals surface area (Å²) in [4.78, 5) is 16.0. The Hall–Kier alpha value is -2.43. The van der Waals surface area contributed by atoms with Crippen LogP contribution in [-0.2, 0) is 0 Å². The lowest BCUT2D eigenvalue weighted by Gasteiger charge is -2.14. The molecule has 4 nitrogen and oxygen atoms in total. The van der Waals surface area contributed by atoms with Crippen LogP contribution in [0.1, 0.15) is 28.9 Å². The number of pyridine rings is 1. The van der Waals surface area contributed by atoms with Crippen LogP contribution in [0.3, 0.4) is 0 Å². The Balaban J connectivity index is 2.16. The van der Waals surface area contributed by atoms with E-state index in [1.165, 1.54) is 18.2 Å². The number of rotatable bonds is 3. The van der Waals surface area contributed by atoms with Crippen molar-refractivity contribution in [2.24, 2.45) is 0 Å². The van der Waals surface area contributed by atoms with Gasteiger partial charge in [0, 0.05) is 12.4 Å². The number of nitrogens with two attached hydrogens (primary N) is 1. The van der Waals surface area contributed by atoms with Crippen LogP contribution in [0.2, 0.25) is 0 Å². The zero-order chi connectivity index (χ0) is 13.8. The maximum absolute atomic E-state index is 13.3. The molecule has 0 aliphatic heterocycles. The molecule has 98 valence electrons. The molecule has 0 spiro atoms. The highest BCUT2D eigenvalue weighted by atomic mass is 19.1. The molecule has 3 N–H and O–H groups in total. The molecule has 1 atom stereocenters. The summed E-state index contributed by atoms with van der Waals surface area (Å²) < 4.78 is 13.3. The van der Waals surface area contributed by atoms with Gasteiger partial charge >= 0.3 is 0 Å². The number of nitrogens with zero attached hydrogens (tertiary/aromatic N) is 1. The van der Waals surface area contributed by atoms with Gasteiger partial charge in [0.2, 0.25) is 0 Å². The predicted molar refractivity (Wildman–Crippen MR) is 70.9 cm³/mol. The number of carbonyl (C=O) groups is 1. The lowest BCUT2D eigenvalue weighted by molar-refractivity contribution is 0.0940. The second-order valence-corrected chi connectivity index (χ2v) is 4.18. The zero-order valence-corrected chi connectivity index (χ0v) is 10.4. The molecular formula is C14H14FN3O. The van der Waals surface area contributed by atoms with Gasteiger partial charge < -0.3 is 11.1 Å². The first-order valence-corrected chi connectivity index (χ1v) is 5.84. The molecule has 1 heterocycles. The molecule has 0 fully saturated rings. The number of carbonyl (C=O) groups excluding carboxylic acids is 1. The quantitative estimate of drug-likeness (QED) is 0.831. The monoisotopic (exact) mass is 259 g/mol. The van der Waals surface area contributed by atoms with E-state index in [1.807, 2.05) is 13.0 Å². The van der Waals surface area contributed by atoms with Crippen molar-refractivity contribution in [3.63, 3.8) is 0 Å². The molecule has 0 radical (unpaired) electrons. The summed E-state index contributed by atoms with van der Waals surface area (Å²) in [5.74, 6) is -1.00. The van der Waals surface area contributed by atoms with Gasteiger partial charge in [0.25, 0.3) is 5.91 Å². The van der Waals surface area contributed by atoms with Gasteiger partial charge in [-0.05, 0) is 30.7 Å². The van der Waals surface area contributed by atoms with E-state index in [4.69, 9.17) is 5.73 Å². The van der Waals surface area contributed by atoms with Crippen LogP contribution < -0.4 is 11.1 Å². The van der Waals surface area contributed by atoms with E-state index in [9.17, 15) is 9.18 Å². The topological polar surface area (TPSA) is 68.0 Å². The summed E-state index contributed by atoms with van der Waals surface area (Å²) in [6, 6.07) is 7.57. The highest BCUT2D eigenvalue weighted by molar-refractivity contribution is 5.99. The van der Waals surface area contributed by atoms with Crippen LogP contribution in [0, 0.1) is 5.82 Å². The van der Waals surface area contributed by atoms with Crippen LogP contribution in [0.25, 0.3) is 0 Å². The summed E-state index contributed by atoms with van der Waals surface area (Å²) in [6.45, 7) is 1.82. The van der Waals surface area contributed by atoms with E-state index in [0.717, 1.165) is 5.56 Å². The summed E-state index contributed by atoms with van der Waals surface area (Å²) in [5.41, 5.74) is 6.41. The number of hydrogen-bond acceptors (Lipinski definition) is 3. The first-order chi connectivity index (χ1) is 9.09. The molecular weight excluding hydrogens is 245 g/mol. The summed E-state index contributed by atoms with van der Waals surface area (Å²) >= 11 is 0. The van der Waals surface area contributed by atoms with E-state index >= 15 is 0 Å². The SMILES string of the molecule is C[C@@H](NC(=O)c1cccc(F)c1N)c1cccnc1. The van der Waals surface area contributed by atoms with Crippen molar-refractivity contribution in [1.29, 1.82) is 0 Å². The Morgan fingerprint density at radius 2 is 2.16 bits per heavy atom. The molecule has 2 rings (SSSR count). The van der Waals surface area contributed by atoms with Gasteiger partial charge in [0.05, 0.1) is 17.3 Å². The maximum Gasteiger partial charge on any atom is 0.253 e. The first kappa shape index (κ1) is 13.0. The van der Waals surface area contributed by atoms with Gasteiger partial charge in [0.1, 0.15) is 5.82 Å². The number of nitrogen functional groups attached to an aromatic ring is 1. The maximum atomic E-state index is 13.3.